The standard InChI is InChI=1S/2C27H32F3N3O3/c1-15(2)17-7-5-8-18(16(3)4)25(17)33-26(34)19-20(27(33)35)24(23(30)22(29)21(19)28)31-9-6-10-32-11-13-36-14-12-32;1-15(2)17-7-5-8-18(16(3)4)25(17)33-26(34)19-20(27(33)35)22(29)24(23(30)21(19)28)31-9-6-10-32-11-13-36-14-12-32/h2*5,7-8,15-16,31H,6,9-14H2,1-4H3. The van der Waals surface area contributed by atoms with Crippen LogP contribution in [-0.4, -0.2) is 112 Å². The van der Waals surface area contributed by atoms with Crippen LogP contribution in [0.1, 0.15) is 156 Å². The number of amides is 4. The van der Waals surface area contributed by atoms with Crippen LogP contribution < -0.4 is 20.4 Å². The number of nitrogens with one attached hydrogen (secondary N) is 2. The summed E-state index contributed by atoms with van der Waals surface area (Å²) in [5.74, 6) is -13.3. The van der Waals surface area contributed by atoms with Crippen molar-refractivity contribution in [1.82, 2.24) is 9.80 Å². The number of carbonyl (C=O) groups excluding carboxylic acids is 4. The SMILES string of the molecule is CC(C)c1cccc(C(C)C)c1N1C(=O)c2c(F)c(F)c(F)c(NCCCN3CCOCC3)c2C1=O.CC(C)c1cccc(C(C)C)c1N1C(=O)c2c(F)c(F)c(NCCCN3CCOCC3)c(F)c2C1=O. The zero-order valence-electron chi connectivity index (χ0n) is 42.2. The molecule has 4 aliphatic heterocycles. The predicted octanol–water partition coefficient (Wildman–Crippen LogP) is 10.6. The van der Waals surface area contributed by atoms with Crippen LogP contribution in [0.3, 0.4) is 0 Å². The molecule has 2 N–H and O–H groups in total. The summed E-state index contributed by atoms with van der Waals surface area (Å²) in [6, 6.07) is 10.8. The lowest BCUT2D eigenvalue weighted by atomic mass is 9.92. The molecule has 2 saturated heterocycles. The van der Waals surface area contributed by atoms with Gasteiger partial charge in [-0.1, -0.05) is 91.8 Å². The number of nitrogens with zero attached hydrogens (tertiary/aromatic N) is 4. The van der Waals surface area contributed by atoms with E-state index in [1.165, 1.54) is 0 Å². The van der Waals surface area contributed by atoms with Crippen molar-refractivity contribution in [3.63, 3.8) is 0 Å². The third-order valence-corrected chi connectivity index (χ3v) is 13.6. The first-order valence-electron chi connectivity index (χ1n) is 24.8. The van der Waals surface area contributed by atoms with Crippen LogP contribution in [0.25, 0.3) is 0 Å². The Balaban J connectivity index is 0.000000211. The van der Waals surface area contributed by atoms with Gasteiger partial charge in [-0.25, -0.2) is 36.1 Å². The highest BCUT2D eigenvalue weighted by atomic mass is 19.2. The monoisotopic (exact) mass is 1010 g/mol. The maximum Gasteiger partial charge on any atom is 0.269 e. The first kappa shape index (κ1) is 54.0. The minimum atomic E-state index is -1.77. The zero-order chi connectivity index (χ0) is 52.3. The fourth-order valence-corrected chi connectivity index (χ4v) is 9.72. The lowest BCUT2D eigenvalue weighted by molar-refractivity contribution is 0.0378. The van der Waals surface area contributed by atoms with Gasteiger partial charge in [0.2, 0.25) is 0 Å². The summed E-state index contributed by atoms with van der Waals surface area (Å²) in [7, 11) is 0. The number of morpholine rings is 2. The number of rotatable bonds is 16. The van der Waals surface area contributed by atoms with Crippen LogP contribution in [0.4, 0.5) is 49.1 Å². The second-order valence-electron chi connectivity index (χ2n) is 19.7. The molecule has 0 aliphatic carbocycles. The van der Waals surface area contributed by atoms with E-state index in [0.29, 0.717) is 74.9 Å². The maximum absolute atomic E-state index is 15.5. The molecule has 0 radical (unpaired) electrons. The van der Waals surface area contributed by atoms with Crippen molar-refractivity contribution in [3.8, 4) is 0 Å². The molecule has 18 heteroatoms. The number of hydrogen-bond acceptors (Lipinski definition) is 10. The second-order valence-corrected chi connectivity index (χ2v) is 19.7. The molecular weight excluding hydrogens is 943 g/mol. The summed E-state index contributed by atoms with van der Waals surface area (Å²) >= 11 is 0. The van der Waals surface area contributed by atoms with E-state index in [-0.39, 0.29) is 36.8 Å². The van der Waals surface area contributed by atoms with Crippen molar-refractivity contribution < 1.29 is 55.0 Å². The first-order chi connectivity index (χ1) is 34.3. The predicted molar refractivity (Wildman–Crippen MR) is 265 cm³/mol. The molecule has 8 rings (SSSR count). The van der Waals surface area contributed by atoms with Gasteiger partial charge in [0.05, 0.1) is 65.7 Å². The average molecular weight is 1010 g/mol. The normalized spacial score (nSPS) is 16.4. The van der Waals surface area contributed by atoms with Gasteiger partial charge in [0.25, 0.3) is 23.6 Å². The number of fused-ring (bicyclic) bond motifs is 2. The van der Waals surface area contributed by atoms with E-state index in [0.717, 1.165) is 47.1 Å². The zero-order valence-corrected chi connectivity index (χ0v) is 42.2. The molecule has 4 aromatic rings. The van der Waals surface area contributed by atoms with Gasteiger partial charge in [0, 0.05) is 39.3 Å². The molecule has 72 heavy (non-hydrogen) atoms. The van der Waals surface area contributed by atoms with Crippen LogP contribution in [0, 0.1) is 34.9 Å². The van der Waals surface area contributed by atoms with Crippen molar-refractivity contribution in [1.29, 1.82) is 0 Å². The van der Waals surface area contributed by atoms with Gasteiger partial charge in [-0.15, -0.1) is 0 Å². The third-order valence-electron chi connectivity index (χ3n) is 13.6. The number of para-hydroxylation sites is 2. The Labute approximate surface area is 417 Å². The first-order valence-corrected chi connectivity index (χ1v) is 24.8. The van der Waals surface area contributed by atoms with Crippen LogP contribution in [0.5, 0.6) is 0 Å². The Bertz CT molecular complexity index is 2660. The van der Waals surface area contributed by atoms with Crippen molar-refractivity contribution in [2.24, 2.45) is 0 Å². The smallest absolute Gasteiger partial charge is 0.269 e. The van der Waals surface area contributed by atoms with Crippen molar-refractivity contribution in [3.05, 3.63) is 116 Å². The number of hydrogen-bond donors (Lipinski definition) is 2. The van der Waals surface area contributed by atoms with E-state index in [4.69, 9.17) is 9.47 Å². The number of halogens is 6. The van der Waals surface area contributed by atoms with Crippen molar-refractivity contribution in [2.45, 2.75) is 91.9 Å². The molecule has 4 aromatic carbocycles. The molecule has 0 bridgehead atoms. The molecule has 0 atom stereocenters. The molecule has 12 nitrogen and oxygen atoms in total. The highest BCUT2D eigenvalue weighted by molar-refractivity contribution is 6.37. The Hall–Kier alpha value is -5.82. The van der Waals surface area contributed by atoms with Crippen LogP contribution >= 0.6 is 0 Å². The molecule has 388 valence electrons. The molecule has 0 aromatic heterocycles. The lowest BCUT2D eigenvalue weighted by Crippen LogP contribution is -2.37. The number of ether oxygens (including phenoxy) is 2. The van der Waals surface area contributed by atoms with E-state index < -0.39 is 92.2 Å². The number of carbonyl (C=O) groups is 4. The van der Waals surface area contributed by atoms with Gasteiger partial charge < -0.3 is 20.1 Å². The van der Waals surface area contributed by atoms with Gasteiger partial charge in [-0.3, -0.25) is 29.0 Å². The van der Waals surface area contributed by atoms with Crippen molar-refractivity contribution >= 4 is 46.4 Å². The Morgan fingerprint density at radius 1 is 0.444 bits per heavy atom. The quantitative estimate of drug-likeness (QED) is 0.0369. The Morgan fingerprint density at radius 3 is 1.15 bits per heavy atom. The minimum Gasteiger partial charge on any atom is -0.382 e. The third kappa shape index (κ3) is 10.5. The molecule has 0 spiro atoms. The fourth-order valence-electron chi connectivity index (χ4n) is 9.72. The molecule has 0 saturated carbocycles. The highest BCUT2D eigenvalue weighted by Gasteiger charge is 2.47. The van der Waals surface area contributed by atoms with Crippen LogP contribution in [-0.2, 0) is 9.47 Å². The van der Waals surface area contributed by atoms with Crippen LogP contribution in [0.2, 0.25) is 0 Å². The van der Waals surface area contributed by atoms with E-state index in [9.17, 15) is 36.7 Å². The van der Waals surface area contributed by atoms with Gasteiger partial charge >= 0.3 is 0 Å². The minimum absolute atomic E-state index is 0.0564. The number of imide groups is 2. The summed E-state index contributed by atoms with van der Waals surface area (Å²) < 4.78 is 101. The van der Waals surface area contributed by atoms with Gasteiger partial charge in [0.15, 0.2) is 34.9 Å². The number of benzene rings is 4. The summed E-state index contributed by atoms with van der Waals surface area (Å²) in [6.07, 6.45) is 1.13. The second kappa shape index (κ2) is 22.9. The van der Waals surface area contributed by atoms with Gasteiger partial charge in [-0.05, 0) is 71.9 Å². The van der Waals surface area contributed by atoms with Crippen LogP contribution in [0.15, 0.2) is 36.4 Å². The van der Waals surface area contributed by atoms with E-state index in [2.05, 4.69) is 20.4 Å². The largest absolute Gasteiger partial charge is 0.382 e. The Kier molecular flexibility index (Phi) is 17.2. The molecule has 4 amide bonds. The summed E-state index contributed by atoms with van der Waals surface area (Å²) in [4.78, 5) is 60.0. The topological polar surface area (TPSA) is 124 Å². The molecule has 2 fully saturated rings. The molecule has 0 unspecified atom stereocenters. The van der Waals surface area contributed by atoms with E-state index in [1.807, 2.05) is 67.5 Å². The van der Waals surface area contributed by atoms with Gasteiger partial charge in [0.1, 0.15) is 5.69 Å². The fraction of sp³-hybridized carbons (Fsp3) is 0.481. The van der Waals surface area contributed by atoms with E-state index >= 15 is 8.78 Å². The number of anilines is 4. The summed E-state index contributed by atoms with van der Waals surface area (Å²) in [5, 5.41) is 5.39. The summed E-state index contributed by atoms with van der Waals surface area (Å²) in [6.45, 7) is 22.7. The average Bonchev–Trinajstić information content (AvgIpc) is 3.78. The lowest BCUT2D eigenvalue weighted by Gasteiger charge is -2.26. The Morgan fingerprint density at radius 2 is 0.764 bits per heavy atom. The van der Waals surface area contributed by atoms with Gasteiger partial charge in [-0.2, -0.15) is 0 Å². The van der Waals surface area contributed by atoms with Crippen molar-refractivity contribution in [2.75, 3.05) is 99.2 Å². The molecule has 4 aliphatic rings. The summed E-state index contributed by atoms with van der Waals surface area (Å²) in [5.41, 5.74) is -0.493. The highest BCUT2D eigenvalue weighted by Crippen LogP contribution is 2.45. The molecular formula is C54H64F6N6O6. The molecule has 4 heterocycles. The maximum atomic E-state index is 15.5. The van der Waals surface area contributed by atoms with E-state index in [1.54, 1.807) is 24.3 Å².